The third-order valence-electron chi connectivity index (χ3n) is 2.54. The van der Waals surface area contributed by atoms with Crippen molar-refractivity contribution >= 4 is 0 Å². The predicted octanol–water partition coefficient (Wildman–Crippen LogP) is 1.61. The molecule has 1 unspecified atom stereocenters. The molecule has 0 aliphatic heterocycles. The number of nitrogens with two attached hydrogens (primary N) is 1. The molecule has 0 aliphatic carbocycles. The maximum atomic E-state index is 12.0. The normalized spacial score (nSPS) is 17.5. The third-order valence-corrected chi connectivity index (χ3v) is 2.54. The van der Waals surface area contributed by atoms with Gasteiger partial charge in [-0.25, -0.2) is 0 Å². The van der Waals surface area contributed by atoms with Gasteiger partial charge in [0.1, 0.15) is 0 Å². The van der Waals surface area contributed by atoms with Crippen LogP contribution in [-0.2, 0) is 0 Å². The maximum Gasteiger partial charge on any atom is 0.401 e. The number of nitrogens with zero attached hydrogens (tertiary/aromatic N) is 1. The summed E-state index contributed by atoms with van der Waals surface area (Å²) in [4.78, 5) is 1.26. The quantitative estimate of drug-likeness (QED) is 0.743. The molecule has 1 atom stereocenters. The van der Waals surface area contributed by atoms with Gasteiger partial charge in [-0.3, -0.25) is 4.90 Å². The molecular weight excluding hydrogens is 181 g/mol. The van der Waals surface area contributed by atoms with Crippen LogP contribution in [0.15, 0.2) is 0 Å². The maximum absolute atomic E-state index is 12.0. The van der Waals surface area contributed by atoms with Crippen LogP contribution in [0, 0.1) is 0 Å². The van der Waals surface area contributed by atoms with Crippen molar-refractivity contribution in [2.75, 3.05) is 20.1 Å². The molecule has 0 saturated heterocycles. The lowest BCUT2D eigenvalue weighted by molar-refractivity contribution is -0.153. The van der Waals surface area contributed by atoms with E-state index in [0.29, 0.717) is 6.42 Å². The van der Waals surface area contributed by atoms with Gasteiger partial charge >= 0.3 is 6.18 Å². The summed E-state index contributed by atoms with van der Waals surface area (Å²) in [5, 5.41) is 0. The molecule has 0 spiro atoms. The fourth-order valence-electron chi connectivity index (χ4n) is 1.03. The Morgan fingerprint density at radius 2 is 1.77 bits per heavy atom. The summed E-state index contributed by atoms with van der Waals surface area (Å²) in [6.07, 6.45) is -3.55. The van der Waals surface area contributed by atoms with E-state index < -0.39 is 18.3 Å². The van der Waals surface area contributed by atoms with E-state index in [0.717, 1.165) is 0 Å². The van der Waals surface area contributed by atoms with E-state index in [9.17, 15) is 13.2 Å². The van der Waals surface area contributed by atoms with Crippen LogP contribution in [0.25, 0.3) is 0 Å². The highest BCUT2D eigenvalue weighted by Gasteiger charge is 2.35. The lowest BCUT2D eigenvalue weighted by Gasteiger charge is -2.37. The van der Waals surface area contributed by atoms with Crippen LogP contribution in [0.2, 0.25) is 0 Å². The van der Waals surface area contributed by atoms with Crippen molar-refractivity contribution in [3.63, 3.8) is 0 Å². The summed E-state index contributed by atoms with van der Waals surface area (Å²) in [6.45, 7) is 2.89. The fourth-order valence-corrected chi connectivity index (χ4v) is 1.03. The van der Waals surface area contributed by atoms with Crippen molar-refractivity contribution in [3.8, 4) is 0 Å². The molecule has 0 bridgehead atoms. The molecule has 0 rings (SSSR count). The fraction of sp³-hybridized carbons (Fsp3) is 1.00. The van der Waals surface area contributed by atoms with E-state index in [4.69, 9.17) is 5.73 Å². The average Bonchev–Trinajstić information content (AvgIpc) is 2.00. The van der Waals surface area contributed by atoms with Gasteiger partial charge in [0.25, 0.3) is 0 Å². The Morgan fingerprint density at radius 1 is 1.31 bits per heavy atom. The summed E-state index contributed by atoms with van der Waals surface area (Å²) < 4.78 is 36.1. The number of hydrogen-bond donors (Lipinski definition) is 1. The molecule has 0 fully saturated rings. The predicted molar refractivity (Wildman–Crippen MR) is 46.4 cm³/mol. The second-order valence-electron chi connectivity index (χ2n) is 3.53. The van der Waals surface area contributed by atoms with Crippen molar-refractivity contribution in [1.29, 1.82) is 0 Å². The molecule has 0 aromatic heterocycles. The Bertz CT molecular complexity index is 152. The average molecular weight is 198 g/mol. The van der Waals surface area contributed by atoms with E-state index in [1.165, 1.54) is 11.9 Å². The van der Waals surface area contributed by atoms with Gasteiger partial charge in [0.15, 0.2) is 0 Å². The zero-order valence-electron chi connectivity index (χ0n) is 8.28. The summed E-state index contributed by atoms with van der Waals surface area (Å²) in [5.41, 5.74) is 4.87. The standard InChI is InChI=1S/C8H17F3N2/c1-4-7(2,5-12)13(3)6-8(9,10)11/h4-6,12H2,1-3H3. The van der Waals surface area contributed by atoms with Gasteiger partial charge in [0, 0.05) is 12.1 Å². The van der Waals surface area contributed by atoms with Gasteiger partial charge in [-0.15, -0.1) is 0 Å². The molecule has 0 amide bonds. The van der Waals surface area contributed by atoms with Crippen LogP contribution < -0.4 is 5.73 Å². The van der Waals surface area contributed by atoms with Gasteiger partial charge < -0.3 is 5.73 Å². The van der Waals surface area contributed by atoms with Crippen LogP contribution in [0.3, 0.4) is 0 Å². The zero-order valence-corrected chi connectivity index (χ0v) is 8.28. The molecular formula is C8H17F3N2. The van der Waals surface area contributed by atoms with Crippen molar-refractivity contribution in [1.82, 2.24) is 4.90 Å². The highest BCUT2D eigenvalue weighted by Crippen LogP contribution is 2.22. The smallest absolute Gasteiger partial charge is 0.329 e. The minimum atomic E-state index is -4.15. The van der Waals surface area contributed by atoms with Gasteiger partial charge in [0.05, 0.1) is 6.54 Å². The van der Waals surface area contributed by atoms with Gasteiger partial charge in [-0.05, 0) is 20.4 Å². The minimum Gasteiger partial charge on any atom is -0.329 e. The molecule has 0 aromatic carbocycles. The largest absolute Gasteiger partial charge is 0.401 e. The van der Waals surface area contributed by atoms with Crippen molar-refractivity contribution in [3.05, 3.63) is 0 Å². The first kappa shape index (κ1) is 12.7. The number of hydrogen-bond acceptors (Lipinski definition) is 2. The van der Waals surface area contributed by atoms with Gasteiger partial charge in [-0.2, -0.15) is 13.2 Å². The van der Waals surface area contributed by atoms with Crippen LogP contribution in [0.5, 0.6) is 0 Å². The molecule has 80 valence electrons. The lowest BCUT2D eigenvalue weighted by Crippen LogP contribution is -2.52. The molecule has 5 heteroatoms. The third kappa shape index (κ3) is 3.95. The van der Waals surface area contributed by atoms with E-state index in [-0.39, 0.29) is 6.54 Å². The SMILES string of the molecule is CCC(C)(CN)N(C)CC(F)(F)F. The van der Waals surface area contributed by atoms with Crippen molar-refractivity contribution in [2.45, 2.75) is 32.0 Å². The molecule has 0 saturated carbocycles. The molecule has 0 aromatic rings. The number of halogens is 3. The first-order valence-electron chi connectivity index (χ1n) is 4.23. The first-order valence-corrected chi connectivity index (χ1v) is 4.23. The van der Waals surface area contributed by atoms with E-state index in [1.54, 1.807) is 6.92 Å². The molecule has 0 aliphatic rings. The monoisotopic (exact) mass is 198 g/mol. The van der Waals surface area contributed by atoms with Gasteiger partial charge in [-0.1, -0.05) is 6.92 Å². The van der Waals surface area contributed by atoms with Crippen LogP contribution in [0.1, 0.15) is 20.3 Å². The Kier molecular flexibility index (Phi) is 4.19. The van der Waals surface area contributed by atoms with E-state index in [1.807, 2.05) is 6.92 Å². The highest BCUT2D eigenvalue weighted by atomic mass is 19.4. The summed E-state index contributed by atoms with van der Waals surface area (Å²) >= 11 is 0. The Hall–Kier alpha value is -0.290. The lowest BCUT2D eigenvalue weighted by atomic mass is 9.97. The number of alkyl halides is 3. The van der Waals surface area contributed by atoms with Crippen LogP contribution in [-0.4, -0.2) is 36.8 Å². The molecule has 13 heavy (non-hydrogen) atoms. The highest BCUT2D eigenvalue weighted by molar-refractivity contribution is 4.84. The summed E-state index contributed by atoms with van der Waals surface area (Å²) in [7, 11) is 1.45. The van der Waals surface area contributed by atoms with Gasteiger partial charge in [0.2, 0.25) is 0 Å². The van der Waals surface area contributed by atoms with E-state index in [2.05, 4.69) is 0 Å². The number of rotatable bonds is 4. The summed E-state index contributed by atoms with van der Waals surface area (Å²) in [5.74, 6) is 0. The topological polar surface area (TPSA) is 29.3 Å². The van der Waals surface area contributed by atoms with Crippen molar-refractivity contribution in [2.24, 2.45) is 5.73 Å². The second-order valence-corrected chi connectivity index (χ2v) is 3.53. The summed E-state index contributed by atoms with van der Waals surface area (Å²) in [6, 6.07) is 0. The minimum absolute atomic E-state index is 0.232. The van der Waals surface area contributed by atoms with E-state index >= 15 is 0 Å². The Balaban J connectivity index is 4.31. The molecule has 0 heterocycles. The first-order chi connectivity index (χ1) is 5.75. The van der Waals surface area contributed by atoms with Crippen molar-refractivity contribution < 1.29 is 13.2 Å². The van der Waals surface area contributed by atoms with Crippen LogP contribution >= 0.6 is 0 Å². The second kappa shape index (κ2) is 4.28. The zero-order chi connectivity index (χ0) is 10.7. The molecule has 2 nitrogen and oxygen atoms in total. The molecule has 2 N–H and O–H groups in total. The Labute approximate surface area is 76.9 Å². The van der Waals surface area contributed by atoms with Crippen LogP contribution in [0.4, 0.5) is 13.2 Å². The Morgan fingerprint density at radius 3 is 2.00 bits per heavy atom. The number of likely N-dealkylation sites (N-methyl/N-ethyl adjacent to an activating group) is 1. The molecule has 0 radical (unpaired) electrons.